The Labute approximate surface area is 146 Å². The van der Waals surface area contributed by atoms with Crippen molar-refractivity contribution < 1.29 is 14.3 Å². The molecule has 0 spiro atoms. The summed E-state index contributed by atoms with van der Waals surface area (Å²) in [7, 11) is 0. The van der Waals surface area contributed by atoms with Crippen LogP contribution in [-0.4, -0.2) is 18.3 Å². The van der Waals surface area contributed by atoms with Gasteiger partial charge in [0.25, 0.3) is 5.03 Å². The van der Waals surface area contributed by atoms with Crippen molar-refractivity contribution in [1.82, 2.24) is 5.32 Å². The summed E-state index contributed by atoms with van der Waals surface area (Å²) in [6, 6.07) is 10.9. The van der Waals surface area contributed by atoms with E-state index in [0.29, 0.717) is 11.6 Å². The van der Waals surface area contributed by atoms with Crippen LogP contribution in [-0.2, 0) is 4.79 Å². The Morgan fingerprint density at radius 3 is 3.13 bits per heavy atom. The van der Waals surface area contributed by atoms with Crippen LogP contribution in [0.15, 0.2) is 52.1 Å². The Balaban J connectivity index is 1.63. The minimum atomic E-state index is -0.100. The molecule has 0 bridgehead atoms. The van der Waals surface area contributed by atoms with Gasteiger partial charge in [-0.2, -0.15) is 4.73 Å². The highest BCUT2D eigenvalue weighted by atomic mass is 79.9. The Morgan fingerprint density at radius 1 is 1.43 bits per heavy atom. The summed E-state index contributed by atoms with van der Waals surface area (Å²) in [5.74, 6) is 0.905. The van der Waals surface area contributed by atoms with Gasteiger partial charge in [0.1, 0.15) is 5.75 Å². The number of nitrogens with one attached hydrogen (secondary N) is 1. The molecule has 1 atom stereocenters. The molecule has 7 heteroatoms. The van der Waals surface area contributed by atoms with E-state index in [9.17, 15) is 10.0 Å². The lowest BCUT2D eigenvalue weighted by Crippen LogP contribution is -2.34. The molecule has 1 unspecified atom stereocenters. The van der Waals surface area contributed by atoms with Crippen LogP contribution in [0.4, 0.5) is 0 Å². The van der Waals surface area contributed by atoms with Crippen LogP contribution in [0.2, 0.25) is 0 Å². The van der Waals surface area contributed by atoms with Crippen LogP contribution in [0.1, 0.15) is 18.0 Å². The normalized spacial score (nSPS) is 16.3. The zero-order valence-electron chi connectivity index (χ0n) is 12.2. The van der Waals surface area contributed by atoms with E-state index in [-0.39, 0.29) is 17.7 Å². The number of pyridine rings is 1. The molecular formula is C16H15BrN2O3S. The fourth-order valence-electron chi connectivity index (χ4n) is 2.42. The third-order valence-electron chi connectivity index (χ3n) is 3.49. The maximum Gasteiger partial charge on any atom is 0.251 e. The maximum atomic E-state index is 12.2. The van der Waals surface area contributed by atoms with Crippen molar-refractivity contribution in [2.45, 2.75) is 17.5 Å². The van der Waals surface area contributed by atoms with Gasteiger partial charge in [-0.15, -0.1) is 0 Å². The summed E-state index contributed by atoms with van der Waals surface area (Å²) in [5, 5.41) is 15.1. The lowest BCUT2D eigenvalue weighted by Gasteiger charge is -2.26. The number of halogens is 1. The average molecular weight is 395 g/mol. The van der Waals surface area contributed by atoms with E-state index >= 15 is 0 Å². The minimum Gasteiger partial charge on any atom is -0.618 e. The topological polar surface area (TPSA) is 65.3 Å². The first-order valence-corrected chi connectivity index (χ1v) is 8.94. The zero-order valence-corrected chi connectivity index (χ0v) is 14.6. The Hall–Kier alpha value is -1.73. The molecule has 0 saturated heterocycles. The monoisotopic (exact) mass is 394 g/mol. The molecule has 3 rings (SSSR count). The molecular weight excluding hydrogens is 380 g/mol. The van der Waals surface area contributed by atoms with E-state index in [0.717, 1.165) is 26.9 Å². The van der Waals surface area contributed by atoms with Crippen molar-refractivity contribution in [1.29, 1.82) is 0 Å². The molecule has 1 aliphatic heterocycles. The molecule has 0 saturated carbocycles. The Bertz CT molecular complexity index is 726. The predicted octanol–water partition coefficient (Wildman–Crippen LogP) is 2.81. The molecule has 23 heavy (non-hydrogen) atoms. The second kappa shape index (κ2) is 7.23. The van der Waals surface area contributed by atoms with Crippen molar-refractivity contribution in [2.24, 2.45) is 0 Å². The van der Waals surface area contributed by atoms with Gasteiger partial charge in [0.15, 0.2) is 6.20 Å². The van der Waals surface area contributed by atoms with Gasteiger partial charge >= 0.3 is 0 Å². The van der Waals surface area contributed by atoms with Gasteiger partial charge in [-0.1, -0.05) is 15.9 Å². The van der Waals surface area contributed by atoms with E-state index in [1.807, 2.05) is 18.2 Å². The van der Waals surface area contributed by atoms with Crippen molar-refractivity contribution >= 4 is 33.6 Å². The highest BCUT2D eigenvalue weighted by Crippen LogP contribution is 2.34. The first kappa shape index (κ1) is 16.1. The van der Waals surface area contributed by atoms with E-state index < -0.39 is 0 Å². The van der Waals surface area contributed by atoms with E-state index in [4.69, 9.17) is 4.74 Å². The Morgan fingerprint density at radius 2 is 2.30 bits per heavy atom. The third kappa shape index (κ3) is 3.97. The van der Waals surface area contributed by atoms with Crippen LogP contribution < -0.4 is 14.8 Å². The van der Waals surface area contributed by atoms with Crippen LogP contribution in [0, 0.1) is 5.21 Å². The molecule has 1 aromatic carbocycles. The van der Waals surface area contributed by atoms with Gasteiger partial charge in [0, 0.05) is 28.6 Å². The molecule has 1 aliphatic rings. The van der Waals surface area contributed by atoms with Crippen molar-refractivity contribution in [2.75, 3.05) is 12.4 Å². The van der Waals surface area contributed by atoms with Gasteiger partial charge in [-0.3, -0.25) is 4.79 Å². The quantitative estimate of drug-likeness (QED) is 0.491. The summed E-state index contributed by atoms with van der Waals surface area (Å²) < 4.78 is 7.33. The molecule has 5 nitrogen and oxygen atoms in total. The number of fused-ring (bicyclic) bond motifs is 1. The molecule has 0 fully saturated rings. The molecule has 120 valence electrons. The fraction of sp³-hybridized carbons (Fsp3) is 0.250. The lowest BCUT2D eigenvalue weighted by molar-refractivity contribution is -0.645. The molecule has 0 radical (unpaired) electrons. The van der Waals surface area contributed by atoms with Gasteiger partial charge in [-0.05, 0) is 36.0 Å². The predicted molar refractivity (Wildman–Crippen MR) is 91.3 cm³/mol. The number of hydrogen-bond donors (Lipinski definition) is 1. The standard InChI is InChI=1S/C16H15BrN2O3S/c17-11-4-5-14-12(9-11)13(6-8-22-14)18-15(20)10-23-16-3-1-2-7-19(16)21/h1-5,7,9,13H,6,8,10H2,(H,18,20). The lowest BCUT2D eigenvalue weighted by atomic mass is 10.0. The first-order chi connectivity index (χ1) is 11.1. The summed E-state index contributed by atoms with van der Waals surface area (Å²) in [5.41, 5.74) is 0.975. The fourth-order valence-corrected chi connectivity index (χ4v) is 3.52. The number of carbonyl (C=O) groups excluding carboxylic acids is 1. The number of aromatic nitrogens is 1. The summed E-state index contributed by atoms with van der Waals surface area (Å²) in [4.78, 5) is 12.2. The second-order valence-corrected chi connectivity index (χ2v) is 7.00. The zero-order chi connectivity index (χ0) is 16.2. The number of benzene rings is 1. The van der Waals surface area contributed by atoms with Crippen LogP contribution in [0.3, 0.4) is 0 Å². The third-order valence-corrected chi connectivity index (χ3v) is 5.00. The number of thioether (sulfide) groups is 1. The van der Waals surface area contributed by atoms with Gasteiger partial charge < -0.3 is 15.3 Å². The molecule has 1 N–H and O–H groups in total. The maximum absolute atomic E-state index is 12.2. The highest BCUT2D eigenvalue weighted by molar-refractivity contribution is 9.10. The number of rotatable bonds is 4. The first-order valence-electron chi connectivity index (χ1n) is 7.16. The van der Waals surface area contributed by atoms with Crippen molar-refractivity contribution in [3.63, 3.8) is 0 Å². The second-order valence-electron chi connectivity index (χ2n) is 5.09. The highest BCUT2D eigenvalue weighted by Gasteiger charge is 2.23. The number of nitrogens with zero attached hydrogens (tertiary/aromatic N) is 1. The molecule has 1 aromatic heterocycles. The molecule has 0 aliphatic carbocycles. The summed E-state index contributed by atoms with van der Waals surface area (Å²) in [6.45, 7) is 0.575. The van der Waals surface area contributed by atoms with Gasteiger partial charge in [-0.25, -0.2) is 0 Å². The Kier molecular flexibility index (Phi) is 5.07. The molecule has 2 aromatic rings. The molecule has 2 heterocycles. The van der Waals surface area contributed by atoms with Crippen LogP contribution in [0.25, 0.3) is 0 Å². The van der Waals surface area contributed by atoms with Crippen LogP contribution in [0.5, 0.6) is 5.75 Å². The largest absolute Gasteiger partial charge is 0.618 e. The van der Waals surface area contributed by atoms with E-state index in [1.165, 1.54) is 18.0 Å². The smallest absolute Gasteiger partial charge is 0.251 e. The number of hydrogen-bond acceptors (Lipinski definition) is 4. The number of ether oxygens (including phenoxy) is 1. The van der Waals surface area contributed by atoms with Crippen molar-refractivity contribution in [3.8, 4) is 5.75 Å². The van der Waals surface area contributed by atoms with Crippen LogP contribution >= 0.6 is 27.7 Å². The van der Waals surface area contributed by atoms with E-state index in [1.54, 1.807) is 18.2 Å². The van der Waals surface area contributed by atoms with E-state index in [2.05, 4.69) is 21.2 Å². The average Bonchev–Trinajstić information content (AvgIpc) is 2.55. The molecule has 1 amide bonds. The number of carbonyl (C=O) groups is 1. The van der Waals surface area contributed by atoms with Crippen molar-refractivity contribution in [3.05, 3.63) is 57.8 Å². The van der Waals surface area contributed by atoms with Gasteiger partial charge in [0.2, 0.25) is 5.91 Å². The number of amides is 1. The SMILES string of the molecule is O=C(CSc1cccc[n+]1[O-])NC1CCOc2ccc(Br)cc21. The summed E-state index contributed by atoms with van der Waals surface area (Å²) in [6.07, 6.45) is 2.15. The summed E-state index contributed by atoms with van der Waals surface area (Å²) >= 11 is 4.67. The van der Waals surface area contributed by atoms with Gasteiger partial charge in [0.05, 0.1) is 18.4 Å². The minimum absolute atomic E-state index is 0.0699.